The molecule has 0 unspecified atom stereocenters. The molecule has 0 radical (unpaired) electrons. The first kappa shape index (κ1) is 19.2. The largest absolute Gasteiger partial charge is 0.493 e. The lowest BCUT2D eigenvalue weighted by Crippen LogP contribution is -2.49. The Bertz CT molecular complexity index is 811. The quantitative estimate of drug-likeness (QED) is 0.546. The second kappa shape index (κ2) is 9.38. The molecule has 0 atom stereocenters. The summed E-state index contributed by atoms with van der Waals surface area (Å²) in [6.45, 7) is 1.63. The van der Waals surface area contributed by atoms with Crippen molar-refractivity contribution in [3.05, 3.63) is 59.7 Å². The van der Waals surface area contributed by atoms with Gasteiger partial charge in [-0.15, -0.1) is 0 Å². The molecule has 0 bridgehead atoms. The van der Waals surface area contributed by atoms with Crippen molar-refractivity contribution in [3.63, 3.8) is 0 Å². The van der Waals surface area contributed by atoms with Crippen LogP contribution in [0.2, 0.25) is 0 Å². The van der Waals surface area contributed by atoms with E-state index in [0.29, 0.717) is 17.1 Å². The number of nitrogens with one attached hydrogen (secondary N) is 3. The number of rotatable bonds is 5. The van der Waals surface area contributed by atoms with Crippen molar-refractivity contribution in [3.8, 4) is 11.5 Å². The van der Waals surface area contributed by atoms with Gasteiger partial charge in [0.05, 0.1) is 7.11 Å². The Morgan fingerprint density at radius 2 is 1.77 bits per heavy atom. The first-order valence-electron chi connectivity index (χ1n) is 7.72. The van der Waals surface area contributed by atoms with Gasteiger partial charge in [0, 0.05) is 5.56 Å². The minimum Gasteiger partial charge on any atom is -0.493 e. The van der Waals surface area contributed by atoms with Gasteiger partial charge in [-0.3, -0.25) is 25.8 Å². The zero-order valence-corrected chi connectivity index (χ0v) is 15.2. The molecule has 0 heterocycles. The normalized spacial score (nSPS) is 9.77. The fraction of sp³-hybridized carbons (Fsp3) is 0.167. The Hall–Kier alpha value is -3.13. The van der Waals surface area contributed by atoms with Crippen molar-refractivity contribution in [2.75, 3.05) is 13.7 Å². The van der Waals surface area contributed by atoms with Crippen LogP contribution in [0.15, 0.2) is 48.5 Å². The summed E-state index contributed by atoms with van der Waals surface area (Å²) in [7, 11) is 1.51. The number of hydrogen-bond donors (Lipinski definition) is 3. The molecule has 2 rings (SSSR count). The minimum atomic E-state index is -0.474. The third-order valence-electron chi connectivity index (χ3n) is 3.25. The molecule has 0 aromatic heterocycles. The third-order valence-corrected chi connectivity index (χ3v) is 3.45. The van der Waals surface area contributed by atoms with Crippen LogP contribution in [0.1, 0.15) is 15.9 Å². The van der Waals surface area contributed by atoms with Crippen molar-refractivity contribution < 1.29 is 19.1 Å². The number of methoxy groups -OCH3 is 1. The molecule has 136 valence electrons. The molecule has 7 nitrogen and oxygen atoms in total. The topological polar surface area (TPSA) is 88.7 Å². The highest BCUT2D eigenvalue weighted by molar-refractivity contribution is 7.80. The van der Waals surface area contributed by atoms with Gasteiger partial charge in [0.2, 0.25) is 0 Å². The lowest BCUT2D eigenvalue weighted by Gasteiger charge is -2.12. The van der Waals surface area contributed by atoms with E-state index in [1.807, 2.05) is 13.0 Å². The maximum atomic E-state index is 12.0. The van der Waals surface area contributed by atoms with Crippen LogP contribution >= 0.6 is 12.2 Å². The van der Waals surface area contributed by atoms with Crippen molar-refractivity contribution in [2.45, 2.75) is 6.92 Å². The van der Waals surface area contributed by atoms with E-state index in [4.69, 9.17) is 21.7 Å². The van der Waals surface area contributed by atoms with E-state index in [-0.39, 0.29) is 17.6 Å². The fourth-order valence-corrected chi connectivity index (χ4v) is 2.21. The molecular weight excluding hydrogens is 354 g/mol. The first-order valence-corrected chi connectivity index (χ1v) is 8.13. The van der Waals surface area contributed by atoms with Crippen molar-refractivity contribution in [2.24, 2.45) is 0 Å². The van der Waals surface area contributed by atoms with Crippen LogP contribution in [0.3, 0.4) is 0 Å². The van der Waals surface area contributed by atoms with E-state index >= 15 is 0 Å². The van der Waals surface area contributed by atoms with Crippen LogP contribution in [0.4, 0.5) is 0 Å². The summed E-state index contributed by atoms with van der Waals surface area (Å²) in [4.78, 5) is 23.9. The van der Waals surface area contributed by atoms with Gasteiger partial charge >= 0.3 is 0 Å². The van der Waals surface area contributed by atoms with Gasteiger partial charge < -0.3 is 9.47 Å². The summed E-state index contributed by atoms with van der Waals surface area (Å²) in [6, 6.07) is 14.0. The van der Waals surface area contributed by atoms with E-state index in [1.54, 1.807) is 42.5 Å². The summed E-state index contributed by atoms with van der Waals surface area (Å²) >= 11 is 4.97. The van der Waals surface area contributed by atoms with E-state index in [9.17, 15) is 9.59 Å². The number of carbonyl (C=O) groups excluding carboxylic acids is 2. The van der Waals surface area contributed by atoms with Crippen LogP contribution in [-0.4, -0.2) is 30.6 Å². The van der Waals surface area contributed by atoms with Gasteiger partial charge in [0.15, 0.2) is 23.2 Å². The van der Waals surface area contributed by atoms with Crippen molar-refractivity contribution >= 4 is 29.1 Å². The molecule has 2 aromatic rings. The molecule has 8 heteroatoms. The zero-order chi connectivity index (χ0) is 18.9. The second-order valence-electron chi connectivity index (χ2n) is 5.27. The van der Waals surface area contributed by atoms with Crippen molar-refractivity contribution in [1.82, 2.24) is 16.2 Å². The number of aryl methyl sites for hydroxylation is 1. The summed E-state index contributed by atoms with van der Waals surface area (Å²) in [5, 5.41) is 2.36. The minimum absolute atomic E-state index is 0.0420. The van der Waals surface area contributed by atoms with E-state index < -0.39 is 5.91 Å². The van der Waals surface area contributed by atoms with Crippen LogP contribution in [0.5, 0.6) is 11.5 Å². The lowest BCUT2D eigenvalue weighted by molar-refractivity contribution is -0.121. The highest BCUT2D eigenvalue weighted by atomic mass is 32.1. The monoisotopic (exact) mass is 373 g/mol. The number of hydrogen-bond acceptors (Lipinski definition) is 5. The van der Waals surface area contributed by atoms with Gasteiger partial charge in [-0.2, -0.15) is 0 Å². The summed E-state index contributed by atoms with van der Waals surface area (Å²) < 4.78 is 10.5. The van der Waals surface area contributed by atoms with Gasteiger partial charge in [0.1, 0.15) is 0 Å². The van der Waals surface area contributed by atoms with Gasteiger partial charge in [-0.1, -0.05) is 29.8 Å². The van der Waals surface area contributed by atoms with Crippen LogP contribution < -0.4 is 25.6 Å². The Morgan fingerprint density at radius 1 is 1.04 bits per heavy atom. The van der Waals surface area contributed by atoms with E-state index in [0.717, 1.165) is 5.56 Å². The SMILES string of the molecule is COc1ccccc1OCC(=O)NC(=S)NNC(=O)c1cccc(C)c1. The smallest absolute Gasteiger partial charge is 0.269 e. The van der Waals surface area contributed by atoms with E-state index in [1.165, 1.54) is 7.11 Å². The second-order valence-corrected chi connectivity index (χ2v) is 5.67. The summed E-state index contributed by atoms with van der Waals surface area (Å²) in [6.07, 6.45) is 0. The number of benzene rings is 2. The predicted molar refractivity (Wildman–Crippen MR) is 101 cm³/mol. The molecule has 0 saturated heterocycles. The van der Waals surface area contributed by atoms with Gasteiger partial charge in [-0.25, -0.2) is 0 Å². The molecule has 26 heavy (non-hydrogen) atoms. The standard InChI is InChI=1S/C18H19N3O4S/c1-12-6-5-7-13(10-12)17(23)20-21-18(26)19-16(22)11-25-15-9-4-3-8-14(15)24-2/h3-10H,11H2,1-2H3,(H,20,23)(H2,19,21,22,26). The number of thiocarbonyl (C=S) groups is 1. The number of amides is 2. The average molecular weight is 373 g/mol. The maximum absolute atomic E-state index is 12.0. The number of para-hydroxylation sites is 2. The number of carbonyl (C=O) groups is 2. The van der Waals surface area contributed by atoms with E-state index in [2.05, 4.69) is 16.2 Å². The molecule has 2 aromatic carbocycles. The Morgan fingerprint density at radius 3 is 2.46 bits per heavy atom. The van der Waals surface area contributed by atoms with Gasteiger partial charge in [-0.05, 0) is 43.4 Å². The molecule has 2 amide bonds. The summed E-state index contributed by atoms with van der Waals surface area (Å²) in [5.74, 6) is 0.122. The highest BCUT2D eigenvalue weighted by Gasteiger charge is 2.10. The van der Waals surface area contributed by atoms with Crippen molar-refractivity contribution in [1.29, 1.82) is 0 Å². The third kappa shape index (κ3) is 5.75. The maximum Gasteiger partial charge on any atom is 0.269 e. The average Bonchev–Trinajstić information content (AvgIpc) is 2.64. The number of ether oxygens (including phenoxy) is 2. The predicted octanol–water partition coefficient (Wildman–Crippen LogP) is 1.72. The highest BCUT2D eigenvalue weighted by Crippen LogP contribution is 2.25. The van der Waals surface area contributed by atoms with Crippen LogP contribution in [0, 0.1) is 6.92 Å². The molecule has 3 N–H and O–H groups in total. The molecular formula is C18H19N3O4S. The molecule has 0 fully saturated rings. The zero-order valence-electron chi connectivity index (χ0n) is 14.4. The Balaban J connectivity index is 1.76. The van der Waals surface area contributed by atoms with Gasteiger partial charge in [0.25, 0.3) is 11.8 Å². The Labute approximate surface area is 156 Å². The number of hydrazine groups is 1. The Kier molecular flexibility index (Phi) is 6.92. The molecule has 0 aliphatic carbocycles. The molecule has 0 spiro atoms. The first-order chi connectivity index (χ1) is 12.5. The lowest BCUT2D eigenvalue weighted by atomic mass is 10.1. The fourth-order valence-electron chi connectivity index (χ4n) is 2.05. The molecule has 0 aliphatic rings. The summed E-state index contributed by atoms with van der Waals surface area (Å²) in [5.41, 5.74) is 6.33. The van der Waals surface area contributed by atoms with Crippen LogP contribution in [0.25, 0.3) is 0 Å². The molecule has 0 aliphatic heterocycles. The van der Waals surface area contributed by atoms with Crippen LogP contribution in [-0.2, 0) is 4.79 Å². The molecule has 0 saturated carbocycles.